The fraction of sp³-hybridized carbons (Fsp3) is 0.636. The number of amides is 1. The number of nitrogens with one attached hydrogen (secondary N) is 1. The van der Waals surface area contributed by atoms with Crippen LogP contribution in [0.3, 0.4) is 0 Å². The number of aryl methyl sites for hydroxylation is 1. The van der Waals surface area contributed by atoms with Gasteiger partial charge in [0.05, 0.1) is 12.3 Å². The molecule has 2 unspecified atom stereocenters. The van der Waals surface area contributed by atoms with Crippen LogP contribution in [0.15, 0.2) is 12.4 Å². The number of aromatic nitrogens is 2. The van der Waals surface area contributed by atoms with Gasteiger partial charge >= 0.3 is 0 Å². The molecule has 0 aliphatic rings. The Kier molecular flexibility index (Phi) is 5.11. The van der Waals surface area contributed by atoms with E-state index < -0.39 is 6.04 Å². The fourth-order valence-electron chi connectivity index (χ4n) is 1.45. The predicted octanol–water partition coefficient (Wildman–Crippen LogP) is -0.0389. The lowest BCUT2D eigenvalue weighted by Gasteiger charge is -2.15. The summed E-state index contributed by atoms with van der Waals surface area (Å²) < 4.78 is 6.93. The lowest BCUT2D eigenvalue weighted by molar-refractivity contribution is -0.123. The van der Waals surface area contributed by atoms with Gasteiger partial charge in [0.2, 0.25) is 5.91 Å². The highest BCUT2D eigenvalue weighted by molar-refractivity contribution is 5.82. The van der Waals surface area contributed by atoms with Crippen molar-refractivity contribution >= 4 is 5.91 Å². The molecule has 1 rings (SSSR count). The number of carbonyl (C=O) groups excluding carboxylic acids is 1. The number of carbonyl (C=O) groups is 1. The van der Waals surface area contributed by atoms with Crippen molar-refractivity contribution in [3.8, 4) is 0 Å². The Bertz CT molecular complexity index is 364. The molecule has 0 saturated heterocycles. The summed E-state index contributed by atoms with van der Waals surface area (Å²) in [7, 11) is 1.78. The van der Waals surface area contributed by atoms with Crippen LogP contribution < -0.4 is 11.1 Å². The molecule has 3 N–H and O–H groups in total. The maximum atomic E-state index is 11.7. The predicted molar refractivity (Wildman–Crippen MR) is 64.2 cm³/mol. The molecule has 0 bridgehead atoms. The van der Waals surface area contributed by atoms with Gasteiger partial charge in [0, 0.05) is 32.0 Å². The van der Waals surface area contributed by atoms with E-state index >= 15 is 0 Å². The third kappa shape index (κ3) is 4.16. The van der Waals surface area contributed by atoms with E-state index in [1.165, 1.54) is 0 Å². The average Bonchev–Trinajstić information content (AvgIpc) is 2.72. The normalized spacial score (nSPS) is 14.4. The van der Waals surface area contributed by atoms with Gasteiger partial charge in [-0.15, -0.1) is 0 Å². The van der Waals surface area contributed by atoms with Crippen LogP contribution in [0.25, 0.3) is 0 Å². The molecule has 6 nitrogen and oxygen atoms in total. The number of rotatable bonds is 6. The zero-order valence-corrected chi connectivity index (χ0v) is 10.5. The van der Waals surface area contributed by atoms with E-state index in [0.29, 0.717) is 18.7 Å². The summed E-state index contributed by atoms with van der Waals surface area (Å²) in [4.78, 5) is 11.7. The SMILES string of the molecule is CCOC(C)CNC(=O)C(N)c1cnn(C)c1. The Morgan fingerprint density at radius 3 is 2.94 bits per heavy atom. The molecule has 1 aromatic heterocycles. The molecule has 0 fully saturated rings. The number of nitrogens with two attached hydrogens (primary N) is 1. The van der Waals surface area contributed by atoms with Gasteiger partial charge in [-0.3, -0.25) is 9.48 Å². The van der Waals surface area contributed by atoms with Crippen LogP contribution >= 0.6 is 0 Å². The summed E-state index contributed by atoms with van der Waals surface area (Å²) in [5.41, 5.74) is 6.51. The third-order valence-corrected chi connectivity index (χ3v) is 2.38. The van der Waals surface area contributed by atoms with Crippen molar-refractivity contribution < 1.29 is 9.53 Å². The smallest absolute Gasteiger partial charge is 0.241 e. The highest BCUT2D eigenvalue weighted by Crippen LogP contribution is 2.08. The summed E-state index contributed by atoms with van der Waals surface area (Å²) in [5, 5.41) is 6.73. The standard InChI is InChI=1S/C11H20N4O2/c1-4-17-8(2)5-13-11(16)10(12)9-6-14-15(3)7-9/h6-8,10H,4-5,12H2,1-3H3,(H,13,16). The monoisotopic (exact) mass is 240 g/mol. The molecular formula is C11H20N4O2. The summed E-state index contributed by atoms with van der Waals surface area (Å²) in [6, 6.07) is -0.683. The fourth-order valence-corrected chi connectivity index (χ4v) is 1.45. The Morgan fingerprint density at radius 2 is 2.41 bits per heavy atom. The van der Waals surface area contributed by atoms with Crippen molar-refractivity contribution in [1.82, 2.24) is 15.1 Å². The first-order chi connectivity index (χ1) is 8.04. The first kappa shape index (κ1) is 13.7. The van der Waals surface area contributed by atoms with E-state index in [1.807, 2.05) is 13.8 Å². The molecule has 0 aliphatic heterocycles. The van der Waals surface area contributed by atoms with Crippen LogP contribution in [-0.2, 0) is 16.6 Å². The van der Waals surface area contributed by atoms with Crippen LogP contribution in [-0.4, -0.2) is 34.9 Å². The van der Waals surface area contributed by atoms with E-state index in [4.69, 9.17) is 10.5 Å². The molecular weight excluding hydrogens is 220 g/mol. The first-order valence-electron chi connectivity index (χ1n) is 5.68. The van der Waals surface area contributed by atoms with E-state index in [1.54, 1.807) is 24.1 Å². The quantitative estimate of drug-likeness (QED) is 0.731. The highest BCUT2D eigenvalue weighted by Gasteiger charge is 2.17. The minimum Gasteiger partial charge on any atom is -0.377 e. The molecule has 0 aromatic carbocycles. The average molecular weight is 240 g/mol. The number of nitrogens with zero attached hydrogens (tertiary/aromatic N) is 2. The van der Waals surface area contributed by atoms with E-state index in [9.17, 15) is 4.79 Å². The molecule has 0 radical (unpaired) electrons. The molecule has 0 saturated carbocycles. The summed E-state index contributed by atoms with van der Waals surface area (Å²) in [6.45, 7) is 4.91. The van der Waals surface area contributed by atoms with Gasteiger partial charge in [0.25, 0.3) is 0 Å². The van der Waals surface area contributed by atoms with Crippen LogP contribution in [0.4, 0.5) is 0 Å². The molecule has 96 valence electrons. The van der Waals surface area contributed by atoms with Crippen molar-refractivity contribution in [3.63, 3.8) is 0 Å². The molecule has 6 heteroatoms. The second-order valence-corrected chi connectivity index (χ2v) is 3.94. The van der Waals surface area contributed by atoms with Crippen molar-refractivity contribution in [1.29, 1.82) is 0 Å². The van der Waals surface area contributed by atoms with Gasteiger partial charge in [-0.1, -0.05) is 0 Å². The zero-order chi connectivity index (χ0) is 12.8. The number of hydrogen-bond acceptors (Lipinski definition) is 4. The van der Waals surface area contributed by atoms with E-state index in [0.717, 1.165) is 0 Å². The van der Waals surface area contributed by atoms with Crippen molar-refractivity contribution in [2.75, 3.05) is 13.2 Å². The van der Waals surface area contributed by atoms with Crippen molar-refractivity contribution in [3.05, 3.63) is 18.0 Å². The van der Waals surface area contributed by atoms with Crippen molar-refractivity contribution in [2.45, 2.75) is 26.0 Å². The lowest BCUT2D eigenvalue weighted by atomic mass is 10.1. The molecule has 0 spiro atoms. The van der Waals surface area contributed by atoms with Crippen LogP contribution in [0.2, 0.25) is 0 Å². The molecule has 0 aliphatic carbocycles. The molecule has 1 aromatic rings. The summed E-state index contributed by atoms with van der Waals surface area (Å²) in [5.74, 6) is -0.218. The molecule has 1 heterocycles. The Balaban J connectivity index is 2.42. The van der Waals surface area contributed by atoms with E-state index in [2.05, 4.69) is 10.4 Å². The van der Waals surface area contributed by atoms with Gasteiger partial charge < -0.3 is 15.8 Å². The zero-order valence-electron chi connectivity index (χ0n) is 10.5. The van der Waals surface area contributed by atoms with E-state index in [-0.39, 0.29) is 12.0 Å². The maximum Gasteiger partial charge on any atom is 0.241 e. The Morgan fingerprint density at radius 1 is 1.71 bits per heavy atom. The Hall–Kier alpha value is -1.40. The topological polar surface area (TPSA) is 82.2 Å². The van der Waals surface area contributed by atoms with Crippen LogP contribution in [0, 0.1) is 0 Å². The van der Waals surface area contributed by atoms with Gasteiger partial charge in [-0.25, -0.2) is 0 Å². The van der Waals surface area contributed by atoms with Gasteiger partial charge in [0.15, 0.2) is 0 Å². The second-order valence-electron chi connectivity index (χ2n) is 3.94. The van der Waals surface area contributed by atoms with Crippen LogP contribution in [0.1, 0.15) is 25.5 Å². The molecule has 1 amide bonds. The van der Waals surface area contributed by atoms with Crippen molar-refractivity contribution in [2.24, 2.45) is 12.8 Å². The minimum absolute atomic E-state index is 0.00921. The van der Waals surface area contributed by atoms with Gasteiger partial charge in [-0.2, -0.15) is 5.10 Å². The first-order valence-corrected chi connectivity index (χ1v) is 5.68. The number of ether oxygens (including phenoxy) is 1. The Labute approximate surface area is 101 Å². The van der Waals surface area contributed by atoms with Gasteiger partial charge in [0.1, 0.15) is 6.04 Å². The van der Waals surface area contributed by atoms with Gasteiger partial charge in [-0.05, 0) is 13.8 Å². The van der Waals surface area contributed by atoms with Crippen LogP contribution in [0.5, 0.6) is 0 Å². The number of hydrogen-bond donors (Lipinski definition) is 2. The molecule has 17 heavy (non-hydrogen) atoms. The minimum atomic E-state index is -0.683. The summed E-state index contributed by atoms with van der Waals surface area (Å²) in [6.07, 6.45) is 3.32. The highest BCUT2D eigenvalue weighted by atomic mass is 16.5. The summed E-state index contributed by atoms with van der Waals surface area (Å²) >= 11 is 0. The third-order valence-electron chi connectivity index (χ3n) is 2.38. The molecule has 2 atom stereocenters. The lowest BCUT2D eigenvalue weighted by Crippen LogP contribution is -2.38. The largest absolute Gasteiger partial charge is 0.377 e. The maximum absolute atomic E-state index is 11.7. The second kappa shape index (κ2) is 6.36.